The summed E-state index contributed by atoms with van der Waals surface area (Å²) in [6.07, 6.45) is 9.47. The summed E-state index contributed by atoms with van der Waals surface area (Å²) in [4.78, 5) is 12.6. The molecule has 3 rings (SSSR count). The lowest BCUT2D eigenvalue weighted by Gasteiger charge is -2.21. The monoisotopic (exact) mass is 428 g/mol. The average Bonchev–Trinajstić information content (AvgIpc) is 3.16. The number of sulfonamides is 1. The Morgan fingerprint density at radius 3 is 2.46 bits per heavy atom. The Labute approximate surface area is 172 Å². The molecule has 0 spiro atoms. The van der Waals surface area contributed by atoms with E-state index in [9.17, 15) is 13.2 Å². The summed E-state index contributed by atoms with van der Waals surface area (Å²) in [5.41, 5.74) is 0.309. The quantitative estimate of drug-likeness (QED) is 0.724. The molecule has 1 atom stereocenters. The zero-order valence-corrected chi connectivity index (χ0v) is 17.7. The molecule has 1 aromatic carbocycles. The van der Waals surface area contributed by atoms with Crippen molar-refractivity contribution in [2.45, 2.75) is 74.8 Å². The van der Waals surface area contributed by atoms with Crippen LogP contribution in [0.15, 0.2) is 23.1 Å². The molecule has 28 heavy (non-hydrogen) atoms. The maximum absolute atomic E-state index is 12.7. The van der Waals surface area contributed by atoms with Gasteiger partial charge in [0.05, 0.1) is 11.1 Å². The van der Waals surface area contributed by atoms with E-state index in [-0.39, 0.29) is 34.5 Å². The molecule has 1 unspecified atom stereocenters. The standard InChI is InChI=1S/C20H29ClN2O4S/c21-18-11-10-15(20(24)23-16-7-4-2-1-3-5-8-16)13-19(18)28(25,26)22-14-17-9-6-12-27-17/h10-11,13,16-17,22H,1-9,12,14H2,(H,23,24). The molecule has 8 heteroatoms. The van der Waals surface area contributed by atoms with E-state index < -0.39 is 10.0 Å². The molecule has 1 aromatic rings. The highest BCUT2D eigenvalue weighted by Crippen LogP contribution is 2.24. The number of carbonyl (C=O) groups is 1. The van der Waals surface area contributed by atoms with Crippen LogP contribution in [0.4, 0.5) is 0 Å². The number of amides is 1. The second-order valence-electron chi connectivity index (χ2n) is 7.65. The third-order valence-electron chi connectivity index (χ3n) is 5.45. The zero-order chi connectivity index (χ0) is 20.0. The summed E-state index contributed by atoms with van der Waals surface area (Å²) in [6.45, 7) is 0.862. The fraction of sp³-hybridized carbons (Fsp3) is 0.650. The first kappa shape index (κ1) is 21.6. The third-order valence-corrected chi connectivity index (χ3v) is 7.35. The van der Waals surface area contributed by atoms with Crippen molar-refractivity contribution in [3.8, 4) is 0 Å². The second-order valence-corrected chi connectivity index (χ2v) is 9.79. The number of carbonyl (C=O) groups excluding carboxylic acids is 1. The van der Waals surface area contributed by atoms with Crippen LogP contribution in [0.2, 0.25) is 5.02 Å². The highest BCUT2D eigenvalue weighted by Gasteiger charge is 2.24. The van der Waals surface area contributed by atoms with E-state index in [1.165, 1.54) is 31.4 Å². The minimum atomic E-state index is -3.82. The van der Waals surface area contributed by atoms with Gasteiger partial charge in [0.2, 0.25) is 10.0 Å². The van der Waals surface area contributed by atoms with E-state index in [0.29, 0.717) is 12.2 Å². The Bertz CT molecular complexity index is 770. The van der Waals surface area contributed by atoms with E-state index >= 15 is 0 Å². The van der Waals surface area contributed by atoms with Crippen LogP contribution in [0.1, 0.15) is 68.1 Å². The number of hydrogen-bond acceptors (Lipinski definition) is 4. The van der Waals surface area contributed by atoms with Crippen molar-refractivity contribution in [3.05, 3.63) is 28.8 Å². The highest BCUT2D eigenvalue weighted by molar-refractivity contribution is 7.89. The van der Waals surface area contributed by atoms with Gasteiger partial charge in [-0.3, -0.25) is 4.79 Å². The Morgan fingerprint density at radius 1 is 1.07 bits per heavy atom. The molecule has 1 heterocycles. The van der Waals surface area contributed by atoms with Gasteiger partial charge in [0.15, 0.2) is 0 Å². The van der Waals surface area contributed by atoms with Gasteiger partial charge in [0.1, 0.15) is 4.90 Å². The number of hydrogen-bond donors (Lipinski definition) is 2. The van der Waals surface area contributed by atoms with Crippen LogP contribution >= 0.6 is 11.6 Å². The van der Waals surface area contributed by atoms with Gasteiger partial charge in [0, 0.05) is 24.8 Å². The molecule has 0 radical (unpaired) electrons. The van der Waals surface area contributed by atoms with E-state index in [4.69, 9.17) is 16.3 Å². The van der Waals surface area contributed by atoms with Crippen LogP contribution in [-0.2, 0) is 14.8 Å². The zero-order valence-electron chi connectivity index (χ0n) is 16.1. The Morgan fingerprint density at radius 2 is 1.79 bits per heavy atom. The molecule has 1 aliphatic carbocycles. The van der Waals surface area contributed by atoms with Crippen molar-refractivity contribution < 1.29 is 17.9 Å². The van der Waals surface area contributed by atoms with E-state index in [1.54, 1.807) is 6.07 Å². The fourth-order valence-corrected chi connectivity index (χ4v) is 5.40. The number of nitrogens with one attached hydrogen (secondary N) is 2. The Hall–Kier alpha value is -1.15. The summed E-state index contributed by atoms with van der Waals surface area (Å²) >= 11 is 6.13. The van der Waals surface area contributed by atoms with Crippen molar-refractivity contribution in [2.75, 3.05) is 13.2 Å². The summed E-state index contributed by atoms with van der Waals surface area (Å²) in [5.74, 6) is -0.252. The molecule has 1 amide bonds. The first-order valence-corrected chi connectivity index (χ1v) is 12.0. The van der Waals surface area contributed by atoms with Crippen LogP contribution in [-0.4, -0.2) is 39.6 Å². The molecule has 0 aromatic heterocycles. The van der Waals surface area contributed by atoms with Crippen molar-refractivity contribution in [3.63, 3.8) is 0 Å². The number of rotatable bonds is 6. The molecular formula is C20H29ClN2O4S. The van der Waals surface area contributed by atoms with Gasteiger partial charge in [0.25, 0.3) is 5.91 Å². The van der Waals surface area contributed by atoms with E-state index in [1.807, 2.05) is 0 Å². The minimum absolute atomic E-state index is 0.0718. The second kappa shape index (κ2) is 10.1. The number of halogens is 1. The third kappa shape index (κ3) is 5.92. The molecule has 156 valence electrons. The number of benzene rings is 1. The minimum Gasteiger partial charge on any atom is -0.377 e. The predicted molar refractivity (Wildman–Crippen MR) is 109 cm³/mol. The lowest BCUT2D eigenvalue weighted by atomic mass is 9.96. The van der Waals surface area contributed by atoms with E-state index in [2.05, 4.69) is 10.0 Å². The first-order valence-electron chi connectivity index (χ1n) is 10.2. The van der Waals surface area contributed by atoms with Gasteiger partial charge in [-0.1, -0.05) is 43.7 Å². The van der Waals surface area contributed by atoms with Crippen LogP contribution in [0, 0.1) is 0 Å². The maximum Gasteiger partial charge on any atom is 0.251 e. The Balaban J connectivity index is 1.68. The van der Waals surface area contributed by atoms with Crippen LogP contribution < -0.4 is 10.0 Å². The number of ether oxygens (including phenoxy) is 1. The van der Waals surface area contributed by atoms with Crippen molar-refractivity contribution in [2.24, 2.45) is 0 Å². The highest BCUT2D eigenvalue weighted by atomic mass is 35.5. The molecule has 0 bridgehead atoms. The van der Waals surface area contributed by atoms with Crippen LogP contribution in [0.5, 0.6) is 0 Å². The first-order chi connectivity index (χ1) is 13.5. The van der Waals surface area contributed by atoms with Gasteiger partial charge in [-0.2, -0.15) is 0 Å². The maximum atomic E-state index is 12.7. The molecule has 1 aliphatic heterocycles. The summed E-state index contributed by atoms with van der Waals surface area (Å²) in [6, 6.07) is 4.54. The van der Waals surface area contributed by atoms with Crippen LogP contribution in [0.3, 0.4) is 0 Å². The Kier molecular flexibility index (Phi) is 7.74. The lowest BCUT2D eigenvalue weighted by Crippen LogP contribution is -2.35. The smallest absolute Gasteiger partial charge is 0.251 e. The van der Waals surface area contributed by atoms with Gasteiger partial charge in [-0.25, -0.2) is 13.1 Å². The van der Waals surface area contributed by atoms with Crippen molar-refractivity contribution in [1.29, 1.82) is 0 Å². The molecule has 2 N–H and O–H groups in total. The van der Waals surface area contributed by atoms with E-state index in [0.717, 1.165) is 38.5 Å². The predicted octanol–water partition coefficient (Wildman–Crippen LogP) is 3.64. The summed E-state index contributed by atoms with van der Waals surface area (Å²) < 4.78 is 33.4. The molecule has 2 aliphatic rings. The van der Waals surface area contributed by atoms with Crippen molar-refractivity contribution >= 4 is 27.5 Å². The SMILES string of the molecule is O=C(NC1CCCCCCC1)c1ccc(Cl)c(S(=O)(=O)NCC2CCCO2)c1. The molecule has 1 saturated heterocycles. The fourth-order valence-electron chi connectivity index (χ4n) is 3.81. The summed E-state index contributed by atoms with van der Waals surface area (Å²) in [5, 5.41) is 3.16. The lowest BCUT2D eigenvalue weighted by molar-refractivity contribution is 0.0930. The average molecular weight is 429 g/mol. The van der Waals surface area contributed by atoms with Gasteiger partial charge >= 0.3 is 0 Å². The largest absolute Gasteiger partial charge is 0.377 e. The molecule has 6 nitrogen and oxygen atoms in total. The van der Waals surface area contributed by atoms with Crippen LogP contribution in [0.25, 0.3) is 0 Å². The van der Waals surface area contributed by atoms with Gasteiger partial charge in [-0.15, -0.1) is 0 Å². The van der Waals surface area contributed by atoms with Gasteiger partial charge < -0.3 is 10.1 Å². The topological polar surface area (TPSA) is 84.5 Å². The van der Waals surface area contributed by atoms with Crippen molar-refractivity contribution in [1.82, 2.24) is 10.0 Å². The van der Waals surface area contributed by atoms with Gasteiger partial charge in [-0.05, 0) is 43.9 Å². The normalized spacial score (nSPS) is 21.8. The molecule has 1 saturated carbocycles. The molecule has 2 fully saturated rings. The molecular weight excluding hydrogens is 400 g/mol. The summed E-state index contributed by atoms with van der Waals surface area (Å²) in [7, 11) is -3.82.